The number of nitrogens with one attached hydrogen (secondary N) is 1. The molecule has 0 amide bonds. The Morgan fingerprint density at radius 2 is 1.54 bits per heavy atom. The first kappa shape index (κ1) is 23.2. The number of nitrogens with zero attached hydrogens (tertiary/aromatic N) is 1. The summed E-state index contributed by atoms with van der Waals surface area (Å²) in [6.07, 6.45) is 0. The molecule has 37 heavy (non-hydrogen) atoms. The lowest BCUT2D eigenvalue weighted by atomic mass is 9.77. The second kappa shape index (κ2) is 9.00. The van der Waals surface area contributed by atoms with Crippen molar-refractivity contribution in [2.45, 2.75) is 32.9 Å². The van der Waals surface area contributed by atoms with Crippen molar-refractivity contribution in [2.24, 2.45) is 0 Å². The van der Waals surface area contributed by atoms with Gasteiger partial charge < -0.3 is 19.7 Å². The van der Waals surface area contributed by atoms with Crippen LogP contribution in [0.2, 0.25) is 0 Å². The van der Waals surface area contributed by atoms with Crippen LogP contribution in [0.1, 0.15) is 52.0 Å². The maximum Gasteiger partial charge on any atom is 0.340 e. The van der Waals surface area contributed by atoms with Gasteiger partial charge in [0.15, 0.2) is 5.60 Å². The molecule has 5 nitrogen and oxygen atoms in total. The van der Waals surface area contributed by atoms with E-state index in [1.165, 1.54) is 16.8 Å². The van der Waals surface area contributed by atoms with Gasteiger partial charge in [0.25, 0.3) is 0 Å². The highest BCUT2D eigenvalue weighted by molar-refractivity contribution is 5.97. The molecule has 0 saturated heterocycles. The van der Waals surface area contributed by atoms with Crippen LogP contribution >= 0.6 is 0 Å². The third-order valence-electron chi connectivity index (χ3n) is 7.44. The summed E-state index contributed by atoms with van der Waals surface area (Å²) in [6, 6.07) is 28.1. The third kappa shape index (κ3) is 3.65. The molecule has 1 N–H and O–H groups in total. The second-order valence-corrected chi connectivity index (χ2v) is 9.58. The van der Waals surface area contributed by atoms with Crippen LogP contribution < -0.4 is 15.0 Å². The highest BCUT2D eigenvalue weighted by Gasteiger charge is 2.53. The van der Waals surface area contributed by atoms with E-state index in [1.54, 1.807) is 0 Å². The molecule has 6 rings (SSSR count). The molecule has 4 aromatic rings. The molecule has 0 aromatic heterocycles. The first-order valence-electron chi connectivity index (χ1n) is 12.9. The van der Waals surface area contributed by atoms with E-state index >= 15 is 0 Å². The van der Waals surface area contributed by atoms with Crippen LogP contribution in [0.25, 0.3) is 0 Å². The van der Waals surface area contributed by atoms with Gasteiger partial charge in [0, 0.05) is 47.7 Å². The Hall–Kier alpha value is -4.25. The van der Waals surface area contributed by atoms with Crippen molar-refractivity contribution in [3.05, 3.63) is 118 Å². The van der Waals surface area contributed by atoms with Gasteiger partial charge in [-0.3, -0.25) is 0 Å². The van der Waals surface area contributed by atoms with Crippen LogP contribution in [0.3, 0.4) is 0 Å². The fourth-order valence-electron chi connectivity index (χ4n) is 5.66. The van der Waals surface area contributed by atoms with Crippen LogP contribution in [-0.4, -0.2) is 19.1 Å². The lowest BCUT2D eigenvalue weighted by Crippen LogP contribution is -2.33. The van der Waals surface area contributed by atoms with Gasteiger partial charge in [-0.1, -0.05) is 54.1 Å². The van der Waals surface area contributed by atoms with E-state index in [1.807, 2.05) is 60.7 Å². The molecule has 186 valence electrons. The Bertz CT molecular complexity index is 1510. The Balaban J connectivity index is 1.42. The van der Waals surface area contributed by atoms with Crippen LogP contribution in [0.4, 0.5) is 11.4 Å². The molecular formula is C32H30N2O3. The van der Waals surface area contributed by atoms with Gasteiger partial charge >= 0.3 is 5.97 Å². The zero-order valence-corrected chi connectivity index (χ0v) is 21.4. The Morgan fingerprint density at radius 3 is 2.35 bits per heavy atom. The zero-order valence-electron chi connectivity index (χ0n) is 21.4. The number of benzene rings is 4. The van der Waals surface area contributed by atoms with E-state index in [0.717, 1.165) is 35.5 Å². The summed E-state index contributed by atoms with van der Waals surface area (Å²) < 4.78 is 12.6. The first-order chi connectivity index (χ1) is 18.0. The van der Waals surface area contributed by atoms with Crippen molar-refractivity contribution in [1.29, 1.82) is 0 Å². The van der Waals surface area contributed by atoms with Crippen LogP contribution in [-0.2, 0) is 16.9 Å². The van der Waals surface area contributed by atoms with Crippen molar-refractivity contribution < 1.29 is 14.3 Å². The smallest absolute Gasteiger partial charge is 0.340 e. The molecule has 0 fully saturated rings. The van der Waals surface area contributed by atoms with Crippen molar-refractivity contribution in [2.75, 3.05) is 23.3 Å². The zero-order chi connectivity index (χ0) is 25.6. The van der Waals surface area contributed by atoms with Gasteiger partial charge in [0.1, 0.15) is 11.5 Å². The molecule has 2 heterocycles. The molecule has 1 atom stereocenters. The fourth-order valence-corrected chi connectivity index (χ4v) is 5.66. The highest BCUT2D eigenvalue weighted by Crippen LogP contribution is 2.56. The maximum atomic E-state index is 13.1. The van der Waals surface area contributed by atoms with E-state index in [4.69, 9.17) is 9.47 Å². The predicted molar refractivity (Wildman–Crippen MR) is 147 cm³/mol. The quantitative estimate of drug-likeness (QED) is 0.294. The highest BCUT2D eigenvalue weighted by atomic mass is 16.6. The summed E-state index contributed by atoms with van der Waals surface area (Å²) in [5.41, 5.74) is 6.70. The maximum absolute atomic E-state index is 13.1. The summed E-state index contributed by atoms with van der Waals surface area (Å²) >= 11 is 0. The molecule has 2 aliphatic rings. The average Bonchev–Trinajstić information content (AvgIpc) is 3.22. The minimum absolute atomic E-state index is 0.319. The van der Waals surface area contributed by atoms with Gasteiger partial charge in [-0.15, -0.1) is 0 Å². The third-order valence-corrected chi connectivity index (χ3v) is 7.44. The van der Waals surface area contributed by atoms with E-state index in [-0.39, 0.29) is 5.97 Å². The number of ether oxygens (including phenoxy) is 2. The largest absolute Gasteiger partial charge is 0.456 e. The van der Waals surface area contributed by atoms with Gasteiger partial charge in [-0.2, -0.15) is 0 Å². The number of carbonyl (C=O) groups excluding carboxylic acids is 1. The second-order valence-electron chi connectivity index (χ2n) is 9.58. The number of fused-ring (bicyclic) bond motifs is 6. The standard InChI is InChI=1S/C32H30N2O3/c1-4-34(5-2)28-16-14-21(3)18-22(28)20-33-23-15-17-30-27(19-23)32(26-12-8-9-13-29(26)36-30)25-11-7-6-10-24(25)31(35)37-32/h6-19,33H,4-5,20H2,1-3H3. The van der Waals surface area contributed by atoms with Crippen molar-refractivity contribution in [3.63, 3.8) is 0 Å². The summed E-state index contributed by atoms with van der Waals surface area (Å²) in [5, 5.41) is 3.62. The lowest BCUT2D eigenvalue weighted by molar-refractivity contribution is 0.0224. The summed E-state index contributed by atoms with van der Waals surface area (Å²) in [4.78, 5) is 15.4. The number of rotatable bonds is 6. The molecule has 2 aliphatic heterocycles. The topological polar surface area (TPSA) is 50.8 Å². The van der Waals surface area contributed by atoms with Crippen molar-refractivity contribution in [3.8, 4) is 11.5 Å². The van der Waals surface area contributed by atoms with E-state index in [9.17, 15) is 4.79 Å². The summed E-state index contributed by atoms with van der Waals surface area (Å²) in [7, 11) is 0. The van der Waals surface area contributed by atoms with E-state index < -0.39 is 5.60 Å². The summed E-state index contributed by atoms with van der Waals surface area (Å²) in [6.45, 7) is 9.07. The van der Waals surface area contributed by atoms with Gasteiger partial charge in [-0.05, 0) is 62.7 Å². The number of carbonyl (C=O) groups is 1. The fraction of sp³-hybridized carbons (Fsp3) is 0.219. The summed E-state index contributed by atoms with van der Waals surface area (Å²) in [5.74, 6) is 1.07. The Morgan fingerprint density at radius 1 is 0.811 bits per heavy atom. The molecule has 0 bridgehead atoms. The van der Waals surface area contributed by atoms with Crippen LogP contribution in [0.5, 0.6) is 11.5 Å². The molecule has 5 heteroatoms. The van der Waals surface area contributed by atoms with Crippen molar-refractivity contribution in [1.82, 2.24) is 0 Å². The first-order valence-corrected chi connectivity index (χ1v) is 12.9. The molecule has 1 spiro atoms. The van der Waals surface area contributed by atoms with Gasteiger partial charge in [-0.25, -0.2) is 4.79 Å². The van der Waals surface area contributed by atoms with E-state index in [0.29, 0.717) is 23.6 Å². The number of hydrogen-bond acceptors (Lipinski definition) is 5. The minimum Gasteiger partial charge on any atom is -0.456 e. The molecule has 0 aliphatic carbocycles. The number of aryl methyl sites for hydroxylation is 1. The van der Waals surface area contributed by atoms with Gasteiger partial charge in [0.2, 0.25) is 0 Å². The Labute approximate surface area is 217 Å². The molecular weight excluding hydrogens is 460 g/mol. The number of para-hydroxylation sites is 1. The van der Waals surface area contributed by atoms with E-state index in [2.05, 4.69) is 55.3 Å². The van der Waals surface area contributed by atoms with Crippen LogP contribution in [0.15, 0.2) is 84.9 Å². The monoisotopic (exact) mass is 490 g/mol. The number of hydrogen-bond donors (Lipinski definition) is 1. The van der Waals surface area contributed by atoms with Gasteiger partial charge in [0.05, 0.1) is 5.56 Å². The number of anilines is 2. The molecule has 0 radical (unpaired) electrons. The average molecular weight is 491 g/mol. The lowest BCUT2D eigenvalue weighted by Gasteiger charge is -2.36. The Kier molecular flexibility index (Phi) is 5.64. The predicted octanol–water partition coefficient (Wildman–Crippen LogP) is 7.02. The number of esters is 1. The SMILES string of the molecule is CCN(CC)c1ccc(C)cc1CNc1ccc2c(c1)C1(OC(=O)c3ccccc31)c1ccccc1O2. The molecule has 0 saturated carbocycles. The van der Waals surface area contributed by atoms with Crippen molar-refractivity contribution >= 4 is 17.3 Å². The molecule has 1 unspecified atom stereocenters. The van der Waals surface area contributed by atoms with Crippen LogP contribution in [0, 0.1) is 6.92 Å². The minimum atomic E-state index is -1.05. The molecule has 4 aromatic carbocycles. The normalized spacial score (nSPS) is 16.9.